The number of aromatic nitrogens is 5. The molecule has 21 heavy (non-hydrogen) atoms. The lowest BCUT2D eigenvalue weighted by Gasteiger charge is -2.25. The van der Waals surface area contributed by atoms with E-state index in [0.717, 1.165) is 34.5 Å². The van der Waals surface area contributed by atoms with Crippen LogP contribution in [0.25, 0.3) is 10.9 Å². The third-order valence-electron chi connectivity index (χ3n) is 3.91. The molecule has 0 spiro atoms. The number of hydrogen-bond donors (Lipinski definition) is 2. The highest BCUT2D eigenvalue weighted by molar-refractivity contribution is 5.98. The molecule has 1 amide bonds. The number of carbonyl (C=O) groups excluding carboxylic acids is 1. The van der Waals surface area contributed by atoms with Crippen molar-refractivity contribution in [3.8, 4) is 0 Å². The highest BCUT2D eigenvalue weighted by Gasteiger charge is 2.30. The molecule has 1 aliphatic rings. The molecule has 4 rings (SSSR count). The van der Waals surface area contributed by atoms with Gasteiger partial charge in [-0.3, -0.25) is 9.89 Å². The Morgan fingerprint density at radius 2 is 2.33 bits per heavy atom. The van der Waals surface area contributed by atoms with Crippen LogP contribution >= 0.6 is 0 Å². The van der Waals surface area contributed by atoms with Crippen molar-refractivity contribution in [2.75, 3.05) is 5.32 Å². The van der Waals surface area contributed by atoms with E-state index in [9.17, 15) is 4.79 Å². The van der Waals surface area contributed by atoms with Crippen LogP contribution in [0.4, 0.5) is 5.69 Å². The molecule has 0 radical (unpaired) electrons. The molecule has 2 N–H and O–H groups in total. The van der Waals surface area contributed by atoms with Gasteiger partial charge >= 0.3 is 0 Å². The van der Waals surface area contributed by atoms with E-state index >= 15 is 0 Å². The lowest BCUT2D eigenvalue weighted by molar-refractivity contribution is -0.116. The number of amides is 1. The highest BCUT2D eigenvalue weighted by atomic mass is 16.1. The molecule has 1 atom stereocenters. The monoisotopic (exact) mass is 282 g/mol. The zero-order chi connectivity index (χ0) is 14.4. The van der Waals surface area contributed by atoms with Gasteiger partial charge in [-0.2, -0.15) is 10.2 Å². The van der Waals surface area contributed by atoms with Crippen molar-refractivity contribution in [2.45, 2.75) is 25.8 Å². The largest absolute Gasteiger partial charge is 0.326 e. The maximum atomic E-state index is 12.0. The standard InChI is InChI=1S/C14H14N6O/c1-2-20-14(15-7-17-20)10-4-13(21)18-12-5-11-8(3-9(10)12)6-16-19-11/h3,5-7,10H,2,4H2,1H3,(H,16,19)(H,18,21)/t10-/m0/s1. The highest BCUT2D eigenvalue weighted by Crippen LogP contribution is 2.38. The SMILES string of the molecule is CCn1ncnc1[C@H]1CC(=O)Nc2cc3[nH]ncc3cc21. The van der Waals surface area contributed by atoms with Gasteiger partial charge in [0.1, 0.15) is 12.2 Å². The Labute approximate surface area is 120 Å². The van der Waals surface area contributed by atoms with E-state index in [1.54, 1.807) is 12.5 Å². The molecule has 0 unspecified atom stereocenters. The molecule has 1 aliphatic heterocycles. The van der Waals surface area contributed by atoms with E-state index in [1.165, 1.54) is 0 Å². The summed E-state index contributed by atoms with van der Waals surface area (Å²) in [5, 5.41) is 15.1. The van der Waals surface area contributed by atoms with Crippen LogP contribution in [0.15, 0.2) is 24.7 Å². The van der Waals surface area contributed by atoms with Gasteiger partial charge in [-0.15, -0.1) is 0 Å². The fraction of sp³-hybridized carbons (Fsp3) is 0.286. The normalized spacial score (nSPS) is 17.8. The number of aromatic amines is 1. The average molecular weight is 282 g/mol. The lowest BCUT2D eigenvalue weighted by atomic mass is 9.89. The van der Waals surface area contributed by atoms with Crippen molar-refractivity contribution in [3.05, 3.63) is 36.0 Å². The van der Waals surface area contributed by atoms with Crippen LogP contribution in [-0.2, 0) is 11.3 Å². The van der Waals surface area contributed by atoms with Crippen LogP contribution in [0.3, 0.4) is 0 Å². The molecule has 2 aromatic heterocycles. The van der Waals surface area contributed by atoms with Crippen LogP contribution in [0, 0.1) is 0 Å². The Balaban J connectivity index is 1.92. The number of fused-ring (bicyclic) bond motifs is 2. The molecule has 3 aromatic rings. The third-order valence-corrected chi connectivity index (χ3v) is 3.91. The Bertz CT molecular complexity index is 833. The molecule has 106 valence electrons. The zero-order valence-electron chi connectivity index (χ0n) is 11.5. The van der Waals surface area contributed by atoms with Crippen molar-refractivity contribution in [1.29, 1.82) is 0 Å². The summed E-state index contributed by atoms with van der Waals surface area (Å²) in [7, 11) is 0. The zero-order valence-corrected chi connectivity index (χ0v) is 11.5. The Kier molecular flexibility index (Phi) is 2.53. The Morgan fingerprint density at radius 1 is 1.43 bits per heavy atom. The summed E-state index contributed by atoms with van der Waals surface area (Å²) in [5.41, 5.74) is 2.79. The molecule has 1 aromatic carbocycles. The van der Waals surface area contributed by atoms with E-state index in [0.29, 0.717) is 6.42 Å². The quantitative estimate of drug-likeness (QED) is 0.748. The topological polar surface area (TPSA) is 88.5 Å². The number of anilines is 1. The summed E-state index contributed by atoms with van der Waals surface area (Å²) < 4.78 is 1.84. The third kappa shape index (κ3) is 1.81. The molecule has 7 nitrogen and oxygen atoms in total. The number of nitrogens with zero attached hydrogens (tertiary/aromatic N) is 4. The fourth-order valence-electron chi connectivity index (χ4n) is 2.92. The number of hydrogen-bond acceptors (Lipinski definition) is 4. The molecular formula is C14H14N6O. The van der Waals surface area contributed by atoms with Gasteiger partial charge in [0.2, 0.25) is 5.91 Å². The molecular weight excluding hydrogens is 268 g/mol. The molecule has 3 heterocycles. The first-order valence-electron chi connectivity index (χ1n) is 6.91. The van der Waals surface area contributed by atoms with Gasteiger partial charge in [0.05, 0.1) is 17.6 Å². The van der Waals surface area contributed by atoms with Crippen molar-refractivity contribution in [2.24, 2.45) is 0 Å². The first kappa shape index (κ1) is 12.1. The Morgan fingerprint density at radius 3 is 3.19 bits per heavy atom. The van der Waals surface area contributed by atoms with Crippen molar-refractivity contribution < 1.29 is 4.79 Å². The van der Waals surface area contributed by atoms with Crippen molar-refractivity contribution >= 4 is 22.5 Å². The Hall–Kier alpha value is -2.70. The average Bonchev–Trinajstić information content (AvgIpc) is 3.12. The summed E-state index contributed by atoms with van der Waals surface area (Å²) in [5.74, 6) is 0.754. The minimum atomic E-state index is -0.0736. The molecule has 0 bridgehead atoms. The second-order valence-corrected chi connectivity index (χ2v) is 5.14. The maximum absolute atomic E-state index is 12.0. The smallest absolute Gasteiger partial charge is 0.225 e. The van der Waals surface area contributed by atoms with Gasteiger partial charge in [0, 0.05) is 24.0 Å². The van der Waals surface area contributed by atoms with Gasteiger partial charge in [-0.1, -0.05) is 0 Å². The first-order chi connectivity index (χ1) is 10.3. The van der Waals surface area contributed by atoms with Gasteiger partial charge in [-0.05, 0) is 24.6 Å². The number of carbonyl (C=O) groups is 1. The molecule has 0 saturated carbocycles. The van der Waals surface area contributed by atoms with Gasteiger partial charge < -0.3 is 5.32 Å². The van der Waals surface area contributed by atoms with Crippen LogP contribution in [-0.4, -0.2) is 30.9 Å². The van der Waals surface area contributed by atoms with E-state index in [1.807, 2.05) is 17.7 Å². The molecule has 7 heteroatoms. The van der Waals surface area contributed by atoms with E-state index < -0.39 is 0 Å². The number of aryl methyl sites for hydroxylation is 1. The summed E-state index contributed by atoms with van der Waals surface area (Å²) in [6, 6.07) is 3.99. The summed E-state index contributed by atoms with van der Waals surface area (Å²) in [6.07, 6.45) is 3.71. The fourth-order valence-corrected chi connectivity index (χ4v) is 2.92. The second kappa shape index (κ2) is 4.41. The summed E-state index contributed by atoms with van der Waals surface area (Å²) in [4.78, 5) is 16.4. The number of rotatable bonds is 2. The molecule has 0 fully saturated rings. The molecule has 0 saturated heterocycles. The first-order valence-corrected chi connectivity index (χ1v) is 6.91. The number of nitrogens with one attached hydrogen (secondary N) is 2. The maximum Gasteiger partial charge on any atom is 0.225 e. The number of benzene rings is 1. The van der Waals surface area contributed by atoms with Crippen molar-refractivity contribution in [1.82, 2.24) is 25.0 Å². The van der Waals surface area contributed by atoms with Crippen molar-refractivity contribution in [3.63, 3.8) is 0 Å². The molecule has 0 aliphatic carbocycles. The van der Waals surface area contributed by atoms with Crippen LogP contribution in [0.5, 0.6) is 0 Å². The van der Waals surface area contributed by atoms with Gasteiger partial charge in [0.15, 0.2) is 0 Å². The van der Waals surface area contributed by atoms with Gasteiger partial charge in [0.25, 0.3) is 0 Å². The number of H-pyrrole nitrogens is 1. The van der Waals surface area contributed by atoms with Crippen LogP contribution in [0.1, 0.15) is 30.7 Å². The lowest BCUT2D eigenvalue weighted by Crippen LogP contribution is -2.25. The van der Waals surface area contributed by atoms with Crippen LogP contribution in [0.2, 0.25) is 0 Å². The summed E-state index contributed by atoms with van der Waals surface area (Å²) in [6.45, 7) is 2.75. The predicted molar refractivity (Wildman–Crippen MR) is 76.9 cm³/mol. The van der Waals surface area contributed by atoms with Gasteiger partial charge in [-0.25, -0.2) is 9.67 Å². The second-order valence-electron chi connectivity index (χ2n) is 5.14. The van der Waals surface area contributed by atoms with Crippen LogP contribution < -0.4 is 5.32 Å². The van der Waals surface area contributed by atoms with E-state index in [4.69, 9.17) is 0 Å². The minimum Gasteiger partial charge on any atom is -0.326 e. The predicted octanol–water partition coefficient (Wildman–Crippen LogP) is 1.65. The van der Waals surface area contributed by atoms with E-state index in [2.05, 4.69) is 31.7 Å². The van der Waals surface area contributed by atoms with E-state index in [-0.39, 0.29) is 11.8 Å². The minimum absolute atomic E-state index is 0.00276. The summed E-state index contributed by atoms with van der Waals surface area (Å²) >= 11 is 0.